The molecule has 152 valence electrons. The molecule has 3 aromatic rings. The summed E-state index contributed by atoms with van der Waals surface area (Å²) in [6.07, 6.45) is 6.51. The van der Waals surface area contributed by atoms with Gasteiger partial charge in [-0.3, -0.25) is 4.68 Å². The summed E-state index contributed by atoms with van der Waals surface area (Å²) < 4.78 is 3.55. The number of carbonyl (C=O) groups is 1. The van der Waals surface area contributed by atoms with Crippen molar-refractivity contribution in [3.05, 3.63) is 48.5 Å². The van der Waals surface area contributed by atoms with Crippen molar-refractivity contribution in [1.29, 1.82) is 0 Å². The van der Waals surface area contributed by atoms with Crippen molar-refractivity contribution in [3.63, 3.8) is 0 Å². The van der Waals surface area contributed by atoms with Crippen molar-refractivity contribution in [2.75, 3.05) is 30.9 Å². The molecule has 9 nitrogen and oxygen atoms in total. The van der Waals surface area contributed by atoms with Crippen LogP contribution in [0.2, 0.25) is 0 Å². The molecule has 9 heteroatoms. The quantitative estimate of drug-likeness (QED) is 0.736. The van der Waals surface area contributed by atoms with Crippen LogP contribution in [0.15, 0.2) is 42.9 Å². The Morgan fingerprint density at radius 1 is 1.24 bits per heavy atom. The van der Waals surface area contributed by atoms with Gasteiger partial charge in [-0.25, -0.2) is 9.48 Å². The minimum absolute atomic E-state index is 0.0393. The van der Waals surface area contributed by atoms with E-state index in [1.54, 1.807) is 17.2 Å². The van der Waals surface area contributed by atoms with Crippen LogP contribution in [0.3, 0.4) is 0 Å². The summed E-state index contributed by atoms with van der Waals surface area (Å²) in [6, 6.07) is 9.55. The van der Waals surface area contributed by atoms with Crippen molar-refractivity contribution in [3.8, 4) is 5.69 Å². The van der Waals surface area contributed by atoms with Crippen LogP contribution in [-0.4, -0.2) is 56.1 Å². The predicted octanol–water partition coefficient (Wildman–Crippen LogP) is 2.83. The van der Waals surface area contributed by atoms with E-state index in [9.17, 15) is 4.79 Å². The molecule has 1 atom stereocenters. The fourth-order valence-electron chi connectivity index (χ4n) is 3.70. The summed E-state index contributed by atoms with van der Waals surface area (Å²) in [5, 5.41) is 11.8. The minimum Gasteiger partial charge on any atom is -0.346 e. The van der Waals surface area contributed by atoms with Gasteiger partial charge in [-0.05, 0) is 43.5 Å². The number of aromatic nitrogens is 5. The van der Waals surface area contributed by atoms with Crippen molar-refractivity contribution in [2.24, 2.45) is 7.05 Å². The normalized spacial score (nSPS) is 16.7. The Bertz CT molecular complexity index is 992. The van der Waals surface area contributed by atoms with Gasteiger partial charge < -0.3 is 15.1 Å². The molecule has 0 radical (unpaired) electrons. The molecule has 3 heterocycles. The summed E-state index contributed by atoms with van der Waals surface area (Å²) in [6.45, 7) is 0.733. The van der Waals surface area contributed by atoms with Gasteiger partial charge in [-0.1, -0.05) is 6.07 Å². The maximum atomic E-state index is 13.1. The van der Waals surface area contributed by atoms with E-state index in [2.05, 4.69) is 20.5 Å². The highest BCUT2D eigenvalue weighted by atomic mass is 16.2. The van der Waals surface area contributed by atoms with Crippen LogP contribution >= 0.6 is 0 Å². The lowest BCUT2D eigenvalue weighted by atomic mass is 9.99. The van der Waals surface area contributed by atoms with Gasteiger partial charge in [-0.15, -0.1) is 5.10 Å². The maximum Gasteiger partial charge on any atom is 0.322 e. The van der Waals surface area contributed by atoms with Gasteiger partial charge in [0.1, 0.15) is 6.33 Å². The van der Waals surface area contributed by atoms with Crippen LogP contribution < -0.4 is 10.2 Å². The van der Waals surface area contributed by atoms with Crippen molar-refractivity contribution < 1.29 is 4.79 Å². The number of aryl methyl sites for hydroxylation is 1. The lowest BCUT2D eigenvalue weighted by Crippen LogP contribution is -2.41. The van der Waals surface area contributed by atoms with E-state index in [0.717, 1.165) is 42.9 Å². The number of piperidine rings is 1. The third-order valence-corrected chi connectivity index (χ3v) is 5.21. The number of nitrogens with zero attached hydrogens (tertiary/aromatic N) is 7. The maximum absolute atomic E-state index is 13.1. The van der Waals surface area contributed by atoms with Crippen LogP contribution in [0.5, 0.6) is 0 Å². The fraction of sp³-hybridized carbons (Fsp3) is 0.400. The summed E-state index contributed by atoms with van der Waals surface area (Å²) in [5.41, 5.74) is 2.63. The number of urea groups is 1. The third-order valence-electron chi connectivity index (χ3n) is 5.21. The van der Waals surface area contributed by atoms with E-state index in [4.69, 9.17) is 0 Å². The summed E-state index contributed by atoms with van der Waals surface area (Å²) in [4.78, 5) is 21.1. The average Bonchev–Trinajstić information content (AvgIpc) is 3.37. The molecule has 1 aromatic carbocycles. The Labute approximate surface area is 169 Å². The Morgan fingerprint density at radius 2 is 2.10 bits per heavy atom. The number of hydrogen-bond donors (Lipinski definition) is 1. The topological polar surface area (TPSA) is 84.1 Å². The SMILES string of the molecule is CN(C)c1ncn(-c2cccc(NC(=O)N3CCCC[C@@H]3c3ccnn3C)c2)n1. The Balaban J connectivity index is 1.52. The van der Waals surface area contributed by atoms with E-state index < -0.39 is 0 Å². The lowest BCUT2D eigenvalue weighted by molar-refractivity contribution is 0.159. The first-order valence-electron chi connectivity index (χ1n) is 9.78. The second-order valence-electron chi connectivity index (χ2n) is 7.45. The fourth-order valence-corrected chi connectivity index (χ4v) is 3.70. The van der Waals surface area contributed by atoms with E-state index in [0.29, 0.717) is 5.95 Å². The molecular formula is C20H26N8O. The number of nitrogens with one attached hydrogen (secondary N) is 1. The van der Waals surface area contributed by atoms with Gasteiger partial charge in [0.25, 0.3) is 0 Å². The number of amides is 2. The highest BCUT2D eigenvalue weighted by molar-refractivity contribution is 5.90. The van der Waals surface area contributed by atoms with Crippen molar-refractivity contribution in [2.45, 2.75) is 25.3 Å². The molecule has 1 aliphatic heterocycles. The average molecular weight is 394 g/mol. The molecule has 1 saturated heterocycles. The van der Waals surface area contributed by atoms with Gasteiger partial charge in [0, 0.05) is 39.6 Å². The number of carbonyl (C=O) groups excluding carboxylic acids is 1. The molecule has 0 bridgehead atoms. The zero-order chi connectivity index (χ0) is 20.4. The Morgan fingerprint density at radius 3 is 2.83 bits per heavy atom. The van der Waals surface area contributed by atoms with E-state index in [1.165, 1.54) is 0 Å². The first kappa shape index (κ1) is 19.0. The molecule has 2 amide bonds. The lowest BCUT2D eigenvalue weighted by Gasteiger charge is -2.35. The molecular weight excluding hydrogens is 368 g/mol. The first-order valence-corrected chi connectivity index (χ1v) is 9.78. The standard InChI is InChI=1S/C20H26N8O/c1-25(2)19-21-14-28(24-19)16-8-6-7-15(13-16)23-20(29)27-12-5-4-9-18(27)17-10-11-22-26(17)3/h6-8,10-11,13-14,18H,4-5,9,12H2,1-3H3,(H,23,29)/t18-/m1/s1. The number of likely N-dealkylation sites (tertiary alicyclic amines) is 1. The van der Waals surface area contributed by atoms with Crippen LogP contribution in [0, 0.1) is 0 Å². The highest BCUT2D eigenvalue weighted by Gasteiger charge is 2.29. The Hall–Kier alpha value is -3.36. The molecule has 0 spiro atoms. The molecule has 29 heavy (non-hydrogen) atoms. The van der Waals surface area contributed by atoms with E-state index in [-0.39, 0.29) is 12.1 Å². The first-order chi connectivity index (χ1) is 14.0. The molecule has 0 saturated carbocycles. The largest absolute Gasteiger partial charge is 0.346 e. The monoisotopic (exact) mass is 394 g/mol. The van der Waals surface area contributed by atoms with Crippen LogP contribution in [0.1, 0.15) is 31.0 Å². The Kier molecular flexibility index (Phi) is 5.20. The van der Waals surface area contributed by atoms with Crippen LogP contribution in [-0.2, 0) is 7.05 Å². The highest BCUT2D eigenvalue weighted by Crippen LogP contribution is 2.31. The molecule has 1 aliphatic rings. The number of hydrogen-bond acceptors (Lipinski definition) is 5. The molecule has 2 aromatic heterocycles. The molecule has 0 aliphatic carbocycles. The molecule has 1 fully saturated rings. The minimum atomic E-state index is -0.0966. The summed E-state index contributed by atoms with van der Waals surface area (Å²) in [7, 11) is 5.71. The summed E-state index contributed by atoms with van der Waals surface area (Å²) in [5.74, 6) is 0.631. The van der Waals surface area contributed by atoms with Gasteiger partial charge in [-0.2, -0.15) is 10.1 Å². The van der Waals surface area contributed by atoms with Gasteiger partial charge in [0.2, 0.25) is 5.95 Å². The van der Waals surface area contributed by atoms with E-state index in [1.807, 2.05) is 66.0 Å². The zero-order valence-electron chi connectivity index (χ0n) is 17.0. The zero-order valence-corrected chi connectivity index (χ0v) is 17.0. The van der Waals surface area contributed by atoms with Crippen LogP contribution in [0.25, 0.3) is 5.69 Å². The second-order valence-corrected chi connectivity index (χ2v) is 7.45. The second kappa shape index (κ2) is 7.94. The smallest absolute Gasteiger partial charge is 0.322 e. The predicted molar refractivity (Wildman–Crippen MR) is 111 cm³/mol. The number of benzene rings is 1. The molecule has 4 rings (SSSR count). The van der Waals surface area contributed by atoms with Gasteiger partial charge >= 0.3 is 6.03 Å². The van der Waals surface area contributed by atoms with Crippen LogP contribution in [0.4, 0.5) is 16.4 Å². The summed E-state index contributed by atoms with van der Waals surface area (Å²) >= 11 is 0. The van der Waals surface area contributed by atoms with Gasteiger partial charge in [0.05, 0.1) is 17.4 Å². The number of anilines is 2. The molecule has 1 N–H and O–H groups in total. The third kappa shape index (κ3) is 3.94. The van der Waals surface area contributed by atoms with E-state index >= 15 is 0 Å². The van der Waals surface area contributed by atoms with Crippen molar-refractivity contribution >= 4 is 17.7 Å². The molecule has 0 unspecified atom stereocenters. The van der Waals surface area contributed by atoms with Gasteiger partial charge in [0.15, 0.2) is 0 Å². The number of rotatable bonds is 4. The van der Waals surface area contributed by atoms with Crippen molar-refractivity contribution in [1.82, 2.24) is 29.4 Å².